The Labute approximate surface area is 245 Å². The van der Waals surface area contributed by atoms with E-state index in [4.69, 9.17) is 0 Å². The van der Waals surface area contributed by atoms with Gasteiger partial charge in [0.15, 0.2) is 0 Å². The highest BCUT2D eigenvalue weighted by atomic mass is 14.4. The second-order valence-corrected chi connectivity index (χ2v) is 12.2. The van der Waals surface area contributed by atoms with Gasteiger partial charge < -0.3 is 0 Å². The van der Waals surface area contributed by atoms with Crippen molar-refractivity contribution >= 4 is 0 Å². The van der Waals surface area contributed by atoms with Crippen LogP contribution in [0.15, 0.2) is 0 Å². The van der Waals surface area contributed by atoms with Crippen molar-refractivity contribution in [3.63, 3.8) is 0 Å². The molecule has 0 aromatic heterocycles. The molecule has 0 amide bonds. The molecular weight excluding hydrogens is 456 g/mol. The Morgan fingerprint density at radius 2 is 0.895 bits per heavy atom. The van der Waals surface area contributed by atoms with Crippen molar-refractivity contribution in [3.8, 4) is 0 Å². The summed E-state index contributed by atoms with van der Waals surface area (Å²) < 4.78 is 0. The molecule has 0 N–H and O–H groups in total. The molecular formula is C38H80. The van der Waals surface area contributed by atoms with Crippen LogP contribution in [-0.4, -0.2) is 0 Å². The molecule has 3 unspecified atom stereocenters. The van der Waals surface area contributed by atoms with Crippen molar-refractivity contribution in [3.05, 3.63) is 0 Å². The molecule has 0 heterocycles. The zero-order valence-electron chi connectivity index (χ0n) is 29.2. The van der Waals surface area contributed by atoms with E-state index in [1.165, 1.54) is 103 Å². The standard InChI is InChI=1S/C14H26.C9H16.C7H14.4C2H6/c1-12(13-8-4-2-5-9-13)14-10-6-3-7-11-14;1-2-8-5-7-3-4-9(8)6-7;1-7-5-3-2-4-6-7;4*1-2/h12-14H,2-11H2,1H3;7-9H,2-6H2,1H3;7H,2-6H2,1H3;4*1-2H3. The van der Waals surface area contributed by atoms with Crippen molar-refractivity contribution in [1.29, 1.82) is 0 Å². The fourth-order valence-electron chi connectivity index (χ4n) is 7.89. The van der Waals surface area contributed by atoms with Crippen LogP contribution >= 0.6 is 0 Å². The Morgan fingerprint density at radius 3 is 1.13 bits per heavy atom. The summed E-state index contributed by atoms with van der Waals surface area (Å²) in [5.74, 6) is 7.69. The largest absolute Gasteiger partial charge is 0.0683 e. The van der Waals surface area contributed by atoms with Gasteiger partial charge in [0.1, 0.15) is 0 Å². The van der Waals surface area contributed by atoms with Gasteiger partial charge in [0.25, 0.3) is 0 Å². The summed E-state index contributed by atoms with van der Waals surface area (Å²) in [7, 11) is 0. The number of hydrogen-bond donors (Lipinski definition) is 0. The summed E-state index contributed by atoms with van der Waals surface area (Å²) in [6, 6.07) is 0. The zero-order chi connectivity index (χ0) is 29.2. The van der Waals surface area contributed by atoms with Crippen molar-refractivity contribution in [1.82, 2.24) is 0 Å². The molecule has 0 saturated heterocycles. The molecule has 5 fully saturated rings. The minimum atomic E-state index is 1.04. The molecule has 38 heavy (non-hydrogen) atoms. The van der Waals surface area contributed by atoms with Gasteiger partial charge in [-0.05, 0) is 60.7 Å². The fourth-order valence-corrected chi connectivity index (χ4v) is 7.89. The molecule has 0 radical (unpaired) electrons. The maximum absolute atomic E-state index is 2.55. The molecule has 5 rings (SSSR count). The Bertz CT molecular complexity index is 403. The van der Waals surface area contributed by atoms with E-state index in [1.807, 2.05) is 55.4 Å². The SMILES string of the molecule is CC.CC.CC.CC.CC(C1CCCCC1)C1CCCCC1.CC1CCCCC1.CCC1CC2CCC1C2. The van der Waals surface area contributed by atoms with Crippen LogP contribution in [0.2, 0.25) is 0 Å². The fraction of sp³-hybridized carbons (Fsp3) is 1.00. The highest BCUT2D eigenvalue weighted by Crippen LogP contribution is 2.49. The summed E-state index contributed by atoms with van der Waals surface area (Å²) in [6.07, 6.45) is 30.4. The molecule has 0 heteroatoms. The van der Waals surface area contributed by atoms with Gasteiger partial charge in [-0.1, -0.05) is 185 Å². The van der Waals surface area contributed by atoms with E-state index in [9.17, 15) is 0 Å². The van der Waals surface area contributed by atoms with Gasteiger partial charge in [-0.2, -0.15) is 0 Å². The molecule has 0 aromatic rings. The summed E-state index contributed by atoms with van der Waals surface area (Å²) in [4.78, 5) is 0. The van der Waals surface area contributed by atoms with Gasteiger partial charge in [-0.15, -0.1) is 0 Å². The van der Waals surface area contributed by atoms with Crippen LogP contribution in [0.1, 0.15) is 205 Å². The Morgan fingerprint density at radius 1 is 0.500 bits per heavy atom. The van der Waals surface area contributed by atoms with Crippen molar-refractivity contribution in [2.45, 2.75) is 205 Å². The highest BCUT2D eigenvalue weighted by molar-refractivity contribution is 4.89. The minimum Gasteiger partial charge on any atom is -0.0683 e. The van der Waals surface area contributed by atoms with Crippen molar-refractivity contribution in [2.75, 3.05) is 0 Å². The lowest BCUT2D eigenvalue weighted by Crippen LogP contribution is -2.24. The number of hydrogen-bond acceptors (Lipinski definition) is 0. The van der Waals surface area contributed by atoms with Gasteiger partial charge in [0.2, 0.25) is 0 Å². The first-order chi connectivity index (χ1) is 18.7. The summed E-state index contributed by atoms with van der Waals surface area (Å²) >= 11 is 0. The van der Waals surface area contributed by atoms with Crippen LogP contribution in [0.4, 0.5) is 0 Å². The van der Waals surface area contributed by atoms with Gasteiger partial charge in [0.05, 0.1) is 0 Å². The van der Waals surface area contributed by atoms with Gasteiger partial charge in [-0.3, -0.25) is 0 Å². The van der Waals surface area contributed by atoms with Crippen molar-refractivity contribution in [2.24, 2.45) is 41.4 Å². The third kappa shape index (κ3) is 17.0. The normalized spacial score (nSPS) is 26.7. The molecule has 3 atom stereocenters. The highest BCUT2D eigenvalue weighted by Gasteiger charge is 2.38. The topological polar surface area (TPSA) is 0 Å². The lowest BCUT2D eigenvalue weighted by Gasteiger charge is -2.35. The molecule has 0 aromatic carbocycles. The van der Waals surface area contributed by atoms with Crippen molar-refractivity contribution < 1.29 is 0 Å². The monoisotopic (exact) mass is 537 g/mol. The second kappa shape index (κ2) is 28.5. The summed E-state index contributed by atoms with van der Waals surface area (Å²) in [5, 5.41) is 0. The molecule has 0 spiro atoms. The van der Waals surface area contributed by atoms with E-state index in [-0.39, 0.29) is 0 Å². The first-order valence-electron chi connectivity index (χ1n) is 18.7. The zero-order valence-corrected chi connectivity index (χ0v) is 29.2. The first kappa shape index (κ1) is 40.1. The quantitative estimate of drug-likeness (QED) is 0.336. The Kier molecular flexibility index (Phi) is 30.1. The molecule has 0 nitrogen and oxygen atoms in total. The molecule has 2 bridgehead atoms. The Balaban J connectivity index is 0. The van der Waals surface area contributed by atoms with Crippen LogP contribution in [0.3, 0.4) is 0 Å². The molecule has 5 saturated carbocycles. The third-order valence-corrected chi connectivity index (χ3v) is 10.1. The van der Waals surface area contributed by atoms with E-state index in [1.54, 1.807) is 25.7 Å². The Hall–Kier alpha value is 0. The van der Waals surface area contributed by atoms with E-state index in [0.717, 1.165) is 41.4 Å². The van der Waals surface area contributed by atoms with Crippen LogP contribution in [0, 0.1) is 41.4 Å². The lowest BCUT2D eigenvalue weighted by atomic mass is 9.71. The average molecular weight is 537 g/mol. The maximum atomic E-state index is 2.55. The molecule has 5 aliphatic carbocycles. The van der Waals surface area contributed by atoms with E-state index in [0.29, 0.717) is 0 Å². The smallest absolute Gasteiger partial charge is 0.0383 e. The van der Waals surface area contributed by atoms with E-state index >= 15 is 0 Å². The van der Waals surface area contributed by atoms with Gasteiger partial charge in [-0.25, -0.2) is 0 Å². The van der Waals surface area contributed by atoms with Gasteiger partial charge >= 0.3 is 0 Å². The van der Waals surface area contributed by atoms with E-state index in [2.05, 4.69) is 20.8 Å². The molecule has 0 aliphatic heterocycles. The van der Waals surface area contributed by atoms with Crippen LogP contribution < -0.4 is 0 Å². The predicted octanol–water partition coefficient (Wildman–Crippen LogP) is 14.3. The molecule has 5 aliphatic rings. The minimum absolute atomic E-state index is 1.04. The number of rotatable bonds is 3. The average Bonchev–Trinajstić information content (AvgIpc) is 3.67. The number of fused-ring (bicyclic) bond motifs is 2. The van der Waals surface area contributed by atoms with Crippen LogP contribution in [-0.2, 0) is 0 Å². The summed E-state index contributed by atoms with van der Waals surface area (Å²) in [6.45, 7) is 23.3. The molecule has 232 valence electrons. The summed E-state index contributed by atoms with van der Waals surface area (Å²) in [5.41, 5.74) is 0. The third-order valence-electron chi connectivity index (χ3n) is 10.1. The second-order valence-electron chi connectivity index (χ2n) is 12.2. The predicted molar refractivity (Wildman–Crippen MR) is 179 cm³/mol. The maximum Gasteiger partial charge on any atom is -0.0383 e. The first-order valence-corrected chi connectivity index (χ1v) is 18.7. The van der Waals surface area contributed by atoms with Gasteiger partial charge in [0, 0.05) is 0 Å². The lowest BCUT2D eigenvalue weighted by molar-refractivity contribution is 0.159. The van der Waals surface area contributed by atoms with Crippen LogP contribution in [0.25, 0.3) is 0 Å². The van der Waals surface area contributed by atoms with E-state index < -0.39 is 0 Å². The van der Waals surface area contributed by atoms with Crippen LogP contribution in [0.5, 0.6) is 0 Å².